The molecule has 1 aliphatic heterocycles. The van der Waals surface area contributed by atoms with Crippen LogP contribution in [0.1, 0.15) is 17.5 Å². The molecule has 1 aliphatic rings. The molecule has 0 aliphatic carbocycles. The lowest BCUT2D eigenvalue weighted by atomic mass is 10.1. The number of amides is 1. The van der Waals surface area contributed by atoms with Crippen LogP contribution < -0.4 is 4.90 Å². The van der Waals surface area contributed by atoms with Crippen molar-refractivity contribution in [3.63, 3.8) is 0 Å². The van der Waals surface area contributed by atoms with Crippen LogP contribution in [0.2, 0.25) is 0 Å². The van der Waals surface area contributed by atoms with E-state index in [9.17, 15) is 4.79 Å². The highest BCUT2D eigenvalue weighted by atomic mass is 16.5. The zero-order valence-electron chi connectivity index (χ0n) is 10.8. The van der Waals surface area contributed by atoms with Gasteiger partial charge in [-0.2, -0.15) is 0 Å². The van der Waals surface area contributed by atoms with Crippen molar-refractivity contribution in [2.75, 3.05) is 24.7 Å². The first kappa shape index (κ1) is 13.1. The van der Waals surface area contributed by atoms with Crippen molar-refractivity contribution in [3.05, 3.63) is 29.3 Å². The molecule has 18 heavy (non-hydrogen) atoms. The number of rotatable bonds is 3. The summed E-state index contributed by atoms with van der Waals surface area (Å²) in [5.41, 5.74) is 3.16. The number of morpholine rings is 1. The predicted molar refractivity (Wildman–Crippen MR) is 69.7 cm³/mol. The van der Waals surface area contributed by atoms with Crippen LogP contribution in [0.4, 0.5) is 5.69 Å². The Morgan fingerprint density at radius 2 is 2.06 bits per heavy atom. The van der Waals surface area contributed by atoms with E-state index in [2.05, 4.69) is 0 Å². The van der Waals surface area contributed by atoms with E-state index in [-0.39, 0.29) is 25.2 Å². The van der Waals surface area contributed by atoms with Crippen molar-refractivity contribution in [2.45, 2.75) is 26.4 Å². The first-order chi connectivity index (χ1) is 8.63. The Bertz CT molecular complexity index is 424. The SMILES string of the molecule is Cc1cccc(C)c1N1CC(CCO)OCC1=O. The number of ether oxygens (including phenoxy) is 1. The van der Waals surface area contributed by atoms with Crippen LogP contribution >= 0.6 is 0 Å². The minimum Gasteiger partial charge on any atom is -0.396 e. The van der Waals surface area contributed by atoms with E-state index >= 15 is 0 Å². The van der Waals surface area contributed by atoms with Crippen molar-refractivity contribution in [1.82, 2.24) is 0 Å². The second-order valence-electron chi connectivity index (χ2n) is 4.69. The van der Waals surface area contributed by atoms with Crippen LogP contribution in [-0.2, 0) is 9.53 Å². The second-order valence-corrected chi connectivity index (χ2v) is 4.69. The van der Waals surface area contributed by atoms with E-state index in [4.69, 9.17) is 9.84 Å². The summed E-state index contributed by atoms with van der Waals surface area (Å²) in [5.74, 6) is -0.0124. The molecule has 1 heterocycles. The number of hydrogen-bond donors (Lipinski definition) is 1. The molecule has 4 nitrogen and oxygen atoms in total. The number of nitrogens with zero attached hydrogens (tertiary/aromatic N) is 1. The topological polar surface area (TPSA) is 49.8 Å². The van der Waals surface area contributed by atoms with E-state index < -0.39 is 0 Å². The van der Waals surface area contributed by atoms with Crippen LogP contribution in [-0.4, -0.2) is 36.9 Å². The van der Waals surface area contributed by atoms with Crippen LogP contribution in [0.5, 0.6) is 0 Å². The molecule has 98 valence electrons. The fourth-order valence-corrected chi connectivity index (χ4v) is 2.39. The maximum absolute atomic E-state index is 12.0. The summed E-state index contributed by atoms with van der Waals surface area (Å²) in [6.45, 7) is 4.71. The second kappa shape index (κ2) is 5.50. The Morgan fingerprint density at radius 3 is 2.67 bits per heavy atom. The number of hydrogen-bond acceptors (Lipinski definition) is 3. The lowest BCUT2D eigenvalue weighted by Crippen LogP contribution is -2.47. The Hall–Kier alpha value is -1.39. The minimum absolute atomic E-state index is 0.0124. The highest BCUT2D eigenvalue weighted by Gasteiger charge is 2.28. The third kappa shape index (κ3) is 2.54. The van der Waals surface area contributed by atoms with Gasteiger partial charge in [-0.15, -0.1) is 0 Å². The zero-order chi connectivity index (χ0) is 13.1. The predicted octanol–water partition coefficient (Wildman–Crippen LogP) is 1.42. The molecule has 2 rings (SSSR count). The summed E-state index contributed by atoms with van der Waals surface area (Å²) < 4.78 is 5.41. The molecule has 0 spiro atoms. The molecule has 1 N–H and O–H groups in total. The molecule has 0 bridgehead atoms. The van der Waals surface area contributed by atoms with Gasteiger partial charge < -0.3 is 14.7 Å². The minimum atomic E-state index is -0.0771. The standard InChI is InChI=1S/C14H19NO3/c1-10-4-3-5-11(2)14(10)15-8-12(6-7-16)18-9-13(15)17/h3-5,12,16H,6-9H2,1-2H3. The van der Waals surface area contributed by atoms with Crippen LogP contribution in [0, 0.1) is 13.8 Å². The summed E-state index contributed by atoms with van der Waals surface area (Å²) >= 11 is 0. The maximum atomic E-state index is 12.0. The molecule has 0 radical (unpaired) electrons. The van der Waals surface area contributed by atoms with Gasteiger partial charge in [-0.05, 0) is 31.4 Å². The Kier molecular flexibility index (Phi) is 3.99. The van der Waals surface area contributed by atoms with Gasteiger partial charge in [-0.1, -0.05) is 18.2 Å². The summed E-state index contributed by atoms with van der Waals surface area (Å²) in [5, 5.41) is 8.97. The van der Waals surface area contributed by atoms with Gasteiger partial charge in [0.15, 0.2) is 0 Å². The molecule has 1 aromatic carbocycles. The van der Waals surface area contributed by atoms with Crippen LogP contribution in [0.25, 0.3) is 0 Å². The molecular weight excluding hydrogens is 230 g/mol. The first-order valence-electron chi connectivity index (χ1n) is 6.22. The number of para-hydroxylation sites is 1. The third-order valence-electron chi connectivity index (χ3n) is 3.29. The van der Waals surface area contributed by atoms with E-state index in [0.29, 0.717) is 13.0 Å². The molecule has 1 aromatic rings. The van der Waals surface area contributed by atoms with Crippen molar-refractivity contribution >= 4 is 11.6 Å². The lowest BCUT2D eigenvalue weighted by molar-refractivity contribution is -0.129. The smallest absolute Gasteiger partial charge is 0.253 e. The largest absolute Gasteiger partial charge is 0.396 e. The Morgan fingerprint density at radius 1 is 1.39 bits per heavy atom. The zero-order valence-corrected chi connectivity index (χ0v) is 10.8. The van der Waals surface area contributed by atoms with E-state index in [1.807, 2.05) is 32.0 Å². The van der Waals surface area contributed by atoms with Gasteiger partial charge in [-0.3, -0.25) is 4.79 Å². The fraction of sp³-hybridized carbons (Fsp3) is 0.500. The van der Waals surface area contributed by atoms with E-state index in [0.717, 1.165) is 16.8 Å². The number of benzene rings is 1. The third-order valence-corrected chi connectivity index (χ3v) is 3.29. The molecule has 4 heteroatoms. The molecule has 0 saturated carbocycles. The highest BCUT2D eigenvalue weighted by Crippen LogP contribution is 2.27. The summed E-state index contributed by atoms with van der Waals surface area (Å²) in [6, 6.07) is 6.00. The summed E-state index contributed by atoms with van der Waals surface area (Å²) in [6.07, 6.45) is 0.487. The normalized spacial score (nSPS) is 20.3. The van der Waals surface area contributed by atoms with Crippen molar-refractivity contribution < 1.29 is 14.6 Å². The first-order valence-corrected chi connectivity index (χ1v) is 6.22. The van der Waals surface area contributed by atoms with Crippen LogP contribution in [0.15, 0.2) is 18.2 Å². The number of carbonyl (C=O) groups excluding carboxylic acids is 1. The van der Waals surface area contributed by atoms with Gasteiger partial charge in [0.05, 0.1) is 12.6 Å². The van der Waals surface area contributed by atoms with Crippen molar-refractivity contribution in [1.29, 1.82) is 0 Å². The van der Waals surface area contributed by atoms with Crippen LogP contribution in [0.3, 0.4) is 0 Å². The average Bonchev–Trinajstić information content (AvgIpc) is 2.33. The van der Waals surface area contributed by atoms with Gasteiger partial charge >= 0.3 is 0 Å². The van der Waals surface area contributed by atoms with Crippen molar-refractivity contribution in [3.8, 4) is 0 Å². The summed E-state index contributed by atoms with van der Waals surface area (Å²) in [4.78, 5) is 13.8. The molecule has 1 saturated heterocycles. The number of aryl methyl sites for hydroxylation is 2. The molecule has 1 atom stereocenters. The Balaban J connectivity index is 2.27. The Labute approximate surface area is 107 Å². The number of anilines is 1. The monoisotopic (exact) mass is 249 g/mol. The van der Waals surface area contributed by atoms with Gasteiger partial charge in [0.1, 0.15) is 6.61 Å². The van der Waals surface area contributed by atoms with Gasteiger partial charge in [-0.25, -0.2) is 0 Å². The van der Waals surface area contributed by atoms with Crippen molar-refractivity contribution in [2.24, 2.45) is 0 Å². The van der Waals surface area contributed by atoms with Gasteiger partial charge in [0, 0.05) is 12.3 Å². The molecule has 1 fully saturated rings. The van der Waals surface area contributed by atoms with E-state index in [1.165, 1.54) is 0 Å². The van der Waals surface area contributed by atoms with Gasteiger partial charge in [0.25, 0.3) is 5.91 Å². The fourth-order valence-electron chi connectivity index (χ4n) is 2.39. The average molecular weight is 249 g/mol. The quantitative estimate of drug-likeness (QED) is 0.881. The maximum Gasteiger partial charge on any atom is 0.253 e. The molecular formula is C14H19NO3. The lowest BCUT2D eigenvalue weighted by Gasteiger charge is -2.34. The molecule has 1 amide bonds. The summed E-state index contributed by atoms with van der Waals surface area (Å²) in [7, 11) is 0. The van der Waals surface area contributed by atoms with Gasteiger partial charge in [0.2, 0.25) is 0 Å². The number of carbonyl (C=O) groups is 1. The number of aliphatic hydroxyl groups excluding tert-OH is 1. The highest BCUT2D eigenvalue weighted by molar-refractivity contribution is 5.96. The molecule has 1 unspecified atom stereocenters. The van der Waals surface area contributed by atoms with E-state index in [1.54, 1.807) is 4.90 Å². The molecule has 0 aromatic heterocycles. The number of aliphatic hydroxyl groups is 1.